The van der Waals surface area contributed by atoms with E-state index in [1.807, 2.05) is 81.5 Å². The number of nitrogens with zero attached hydrogens (tertiary/aromatic N) is 1. The van der Waals surface area contributed by atoms with Crippen molar-refractivity contribution < 1.29 is 23.3 Å². The number of benzene rings is 1. The number of thiazole rings is 1. The Hall–Kier alpha value is -2.76. The smallest absolute Gasteiger partial charge is 0.411 e. The van der Waals surface area contributed by atoms with Crippen LogP contribution in [-0.2, 0) is 20.5 Å². The average Bonchev–Trinajstić information content (AvgIpc) is 3.44. The van der Waals surface area contributed by atoms with Crippen LogP contribution in [0.1, 0.15) is 120 Å². The van der Waals surface area contributed by atoms with Gasteiger partial charge in [-0.1, -0.05) is 33.8 Å². The molecule has 3 N–H and O–H groups in total. The van der Waals surface area contributed by atoms with Crippen molar-refractivity contribution >= 4 is 40.2 Å². The quantitative estimate of drug-likeness (QED) is 0.253. The maximum absolute atomic E-state index is 13.4. The number of aromatic nitrogens is 1. The number of ether oxygens (including phenoxy) is 2. The van der Waals surface area contributed by atoms with Crippen LogP contribution in [0.3, 0.4) is 0 Å². The maximum atomic E-state index is 13.4. The van der Waals surface area contributed by atoms with Gasteiger partial charge in [0.05, 0.1) is 20.9 Å². The Bertz CT molecular complexity index is 1190. The molecule has 1 heterocycles. The molecule has 1 aliphatic rings. The number of hydrogen-bond donors (Lipinski definition) is 3. The zero-order valence-electron chi connectivity index (χ0n) is 29.6. The Labute approximate surface area is 279 Å². The number of nitrogens with one attached hydrogen (secondary N) is 3. The van der Waals surface area contributed by atoms with Crippen LogP contribution in [-0.4, -0.2) is 44.7 Å². The molecule has 0 saturated heterocycles. The summed E-state index contributed by atoms with van der Waals surface area (Å²) in [6, 6.07) is 5.46. The fourth-order valence-electron chi connectivity index (χ4n) is 4.21. The highest BCUT2D eigenvalue weighted by atomic mass is 32.2. The first-order valence-corrected chi connectivity index (χ1v) is 17.8. The van der Waals surface area contributed by atoms with Gasteiger partial charge in [0, 0.05) is 34.9 Å². The standard InChI is InChI=1S/C28H42N4O5S2.2C2H6.C2H4/c1-17(2)36-25(33)31-20-13-14-21(23(15-20)39(35)32-27(3,4)5)22-16-29-24(38-22)18-9-11-19(12-10-18)30-26(34)37-28(6,7)8;3*1-2/h13-19,32H,9-12H2,1-8H3,(H,30,34)(H,31,33);2*1-2H3;1-2H2. The molecule has 0 aliphatic heterocycles. The van der Waals surface area contributed by atoms with E-state index in [1.165, 1.54) is 0 Å². The molecule has 1 aromatic heterocycles. The van der Waals surface area contributed by atoms with Crippen molar-refractivity contribution in [3.8, 4) is 10.4 Å². The fourth-order valence-corrected chi connectivity index (χ4v) is 6.68. The van der Waals surface area contributed by atoms with Crippen molar-refractivity contribution in [2.45, 2.75) is 143 Å². The van der Waals surface area contributed by atoms with Crippen LogP contribution in [0.5, 0.6) is 0 Å². The Morgan fingerprint density at radius 1 is 0.978 bits per heavy atom. The summed E-state index contributed by atoms with van der Waals surface area (Å²) in [5.74, 6) is 0.300. The molecule has 1 fully saturated rings. The van der Waals surface area contributed by atoms with Crippen molar-refractivity contribution in [1.82, 2.24) is 15.0 Å². The van der Waals surface area contributed by atoms with Gasteiger partial charge in [-0.15, -0.1) is 24.5 Å². The van der Waals surface area contributed by atoms with Crippen LogP contribution in [0.4, 0.5) is 15.3 Å². The number of alkyl carbamates (subject to hydrolysis) is 1. The lowest BCUT2D eigenvalue weighted by molar-refractivity contribution is 0.0491. The van der Waals surface area contributed by atoms with Crippen LogP contribution >= 0.6 is 11.3 Å². The molecule has 0 bridgehead atoms. The molecule has 0 spiro atoms. The van der Waals surface area contributed by atoms with Crippen molar-refractivity contribution in [2.24, 2.45) is 0 Å². The van der Waals surface area contributed by atoms with Gasteiger partial charge < -0.3 is 14.8 Å². The average molecular weight is 667 g/mol. The normalized spacial score (nSPS) is 16.7. The van der Waals surface area contributed by atoms with Crippen LogP contribution in [0.25, 0.3) is 10.4 Å². The lowest BCUT2D eigenvalue weighted by Crippen LogP contribution is -2.40. The van der Waals surface area contributed by atoms with Crippen LogP contribution < -0.4 is 15.4 Å². The highest BCUT2D eigenvalue weighted by Crippen LogP contribution is 2.39. The second kappa shape index (κ2) is 20.4. The number of rotatable bonds is 7. The summed E-state index contributed by atoms with van der Waals surface area (Å²) in [4.78, 5) is 30.5. The minimum absolute atomic E-state index is 0.0930. The third kappa shape index (κ3) is 15.9. The number of carbonyl (C=O) groups is 2. The molecule has 1 aliphatic carbocycles. The molecule has 1 unspecified atom stereocenters. The van der Waals surface area contributed by atoms with Crippen LogP contribution in [0.2, 0.25) is 0 Å². The van der Waals surface area contributed by atoms with Gasteiger partial charge in [0.1, 0.15) is 16.6 Å². The van der Waals surface area contributed by atoms with Crippen LogP contribution in [0.15, 0.2) is 42.4 Å². The molecule has 45 heavy (non-hydrogen) atoms. The van der Waals surface area contributed by atoms with Gasteiger partial charge >= 0.3 is 12.2 Å². The first-order valence-electron chi connectivity index (χ1n) is 15.9. The Balaban J connectivity index is 0.00000304. The van der Waals surface area contributed by atoms with Crippen molar-refractivity contribution in [3.05, 3.63) is 42.6 Å². The largest absolute Gasteiger partial charge is 0.447 e. The Kier molecular flexibility index (Phi) is 19.1. The predicted molar refractivity (Wildman–Crippen MR) is 190 cm³/mol. The molecule has 1 aromatic carbocycles. The van der Waals surface area contributed by atoms with Gasteiger partial charge in [0.15, 0.2) is 0 Å². The minimum atomic E-state index is -1.53. The minimum Gasteiger partial charge on any atom is -0.447 e. The first-order chi connectivity index (χ1) is 21.1. The lowest BCUT2D eigenvalue weighted by Gasteiger charge is -2.29. The van der Waals surface area contributed by atoms with E-state index in [4.69, 9.17) is 14.5 Å². The fraction of sp³-hybridized carbons (Fsp3) is 0.618. The molecule has 1 atom stereocenters. The SMILES string of the molecule is C=C.CC.CC.CC(C)OC(=O)Nc1ccc(-c2cnc(C3CCC(NC(=O)OC(C)(C)C)CC3)s2)c(S(=O)NC(C)(C)C)c1. The third-order valence-electron chi connectivity index (χ3n) is 5.76. The lowest BCUT2D eigenvalue weighted by atomic mass is 9.86. The molecule has 2 amide bonds. The van der Waals surface area contributed by atoms with E-state index in [0.29, 0.717) is 16.5 Å². The Morgan fingerprint density at radius 3 is 2.07 bits per heavy atom. The predicted octanol–water partition coefficient (Wildman–Crippen LogP) is 9.58. The van der Waals surface area contributed by atoms with Crippen molar-refractivity contribution in [3.63, 3.8) is 0 Å². The maximum Gasteiger partial charge on any atom is 0.411 e. The monoisotopic (exact) mass is 666 g/mol. The molecule has 9 nitrogen and oxygen atoms in total. The summed E-state index contributed by atoms with van der Waals surface area (Å²) in [6.07, 6.45) is 4.19. The van der Waals surface area contributed by atoms with E-state index in [9.17, 15) is 13.8 Å². The number of carbonyl (C=O) groups excluding carboxylic acids is 2. The number of anilines is 1. The Morgan fingerprint density at radius 2 is 1.56 bits per heavy atom. The molecule has 256 valence electrons. The van der Waals surface area contributed by atoms with E-state index in [1.54, 1.807) is 37.3 Å². The van der Waals surface area contributed by atoms with Crippen molar-refractivity contribution in [2.75, 3.05) is 5.32 Å². The summed E-state index contributed by atoms with van der Waals surface area (Å²) < 4.78 is 27.1. The van der Waals surface area contributed by atoms with Gasteiger partial charge in [0.2, 0.25) is 0 Å². The zero-order chi connectivity index (χ0) is 35.0. The second-order valence-electron chi connectivity index (χ2n) is 12.2. The molecule has 11 heteroatoms. The van der Waals surface area contributed by atoms with Crippen molar-refractivity contribution in [1.29, 1.82) is 0 Å². The topological polar surface area (TPSA) is 119 Å². The number of amides is 2. The summed E-state index contributed by atoms with van der Waals surface area (Å²) in [6.45, 7) is 29.0. The summed E-state index contributed by atoms with van der Waals surface area (Å²) in [7, 11) is -1.53. The van der Waals surface area contributed by atoms with Gasteiger partial charge in [-0.2, -0.15) is 0 Å². The molecule has 2 aromatic rings. The van der Waals surface area contributed by atoms with Gasteiger partial charge in [-0.3, -0.25) is 5.32 Å². The molecular weight excluding hydrogens is 609 g/mol. The second-order valence-corrected chi connectivity index (χ2v) is 14.4. The van der Waals surface area contributed by atoms with E-state index >= 15 is 0 Å². The van der Waals surface area contributed by atoms with Crippen LogP contribution in [0, 0.1) is 0 Å². The molecule has 3 rings (SSSR count). The van der Waals surface area contributed by atoms with E-state index in [-0.39, 0.29) is 23.8 Å². The molecular formula is C34H58N4O5S2. The first kappa shape index (κ1) is 42.2. The van der Waals surface area contributed by atoms with Gasteiger partial charge in [-0.05, 0) is 93.2 Å². The van der Waals surface area contributed by atoms with Gasteiger partial charge in [0.25, 0.3) is 0 Å². The van der Waals surface area contributed by atoms with E-state index in [2.05, 4.69) is 28.5 Å². The van der Waals surface area contributed by atoms with E-state index < -0.39 is 22.7 Å². The third-order valence-corrected chi connectivity index (χ3v) is 8.48. The van der Waals surface area contributed by atoms with E-state index in [0.717, 1.165) is 41.1 Å². The van der Waals surface area contributed by atoms with Gasteiger partial charge in [-0.25, -0.2) is 23.5 Å². The highest BCUT2D eigenvalue weighted by molar-refractivity contribution is 7.83. The zero-order valence-corrected chi connectivity index (χ0v) is 31.2. The summed E-state index contributed by atoms with van der Waals surface area (Å²) in [5.41, 5.74) is 0.406. The molecule has 0 radical (unpaired) electrons. The molecule has 1 saturated carbocycles. The number of hydrogen-bond acceptors (Lipinski definition) is 7. The summed E-state index contributed by atoms with van der Waals surface area (Å²) in [5, 5.41) is 6.74. The highest BCUT2D eigenvalue weighted by Gasteiger charge is 2.28. The summed E-state index contributed by atoms with van der Waals surface area (Å²) >= 11 is 1.60.